The monoisotopic (exact) mass is 587 g/mol. The molecule has 37 heavy (non-hydrogen) atoms. The molecule has 0 radical (unpaired) electrons. The molecule has 3 rings (SSSR count). The predicted octanol–water partition coefficient (Wildman–Crippen LogP) is 3.61. The molecule has 0 spiro atoms. The zero-order valence-corrected chi connectivity index (χ0v) is 23.3. The molecule has 0 heterocycles. The first-order valence-corrected chi connectivity index (χ1v) is 14.2. The minimum absolute atomic E-state index is 0.0804. The van der Waals surface area contributed by atoms with Gasteiger partial charge in [0.1, 0.15) is 18.3 Å². The Labute approximate surface area is 226 Å². The number of carbonyl (C=O) groups is 2. The summed E-state index contributed by atoms with van der Waals surface area (Å²) in [6, 6.07) is 22.4. The van der Waals surface area contributed by atoms with E-state index in [4.69, 9.17) is 4.74 Å². The standard InChI is InChI=1S/C27H30BrN3O5S/c1-29-27(33)25(16-20-9-5-4-6-10-20)30(18-21-11-7-14-24(15-21)36-2)26(32)19-31(37(3,34)35)23-13-8-12-22(28)17-23/h4-15,17,25H,16,18-19H2,1-3H3,(H,29,33). The van der Waals surface area contributed by atoms with Gasteiger partial charge in [-0.15, -0.1) is 0 Å². The number of nitrogens with zero attached hydrogens (tertiary/aromatic N) is 2. The molecule has 0 bridgehead atoms. The van der Waals surface area contributed by atoms with Gasteiger partial charge in [-0.2, -0.15) is 0 Å². The summed E-state index contributed by atoms with van der Waals surface area (Å²) < 4.78 is 32.5. The van der Waals surface area contributed by atoms with Gasteiger partial charge < -0.3 is 15.0 Å². The first kappa shape index (κ1) is 28.2. The summed E-state index contributed by atoms with van der Waals surface area (Å²) in [5, 5.41) is 2.66. The summed E-state index contributed by atoms with van der Waals surface area (Å²) in [6.07, 6.45) is 1.31. The predicted molar refractivity (Wildman–Crippen MR) is 148 cm³/mol. The van der Waals surface area contributed by atoms with Gasteiger partial charge in [-0.25, -0.2) is 8.42 Å². The average molecular weight is 589 g/mol. The number of halogens is 1. The number of sulfonamides is 1. The maximum Gasteiger partial charge on any atom is 0.244 e. The smallest absolute Gasteiger partial charge is 0.244 e. The summed E-state index contributed by atoms with van der Waals surface area (Å²) in [7, 11) is -0.752. The van der Waals surface area contributed by atoms with Gasteiger partial charge in [-0.3, -0.25) is 13.9 Å². The Morgan fingerprint density at radius 1 is 0.973 bits per heavy atom. The summed E-state index contributed by atoms with van der Waals surface area (Å²) in [5.41, 5.74) is 1.95. The molecule has 0 saturated carbocycles. The van der Waals surface area contributed by atoms with Gasteiger partial charge in [0.25, 0.3) is 0 Å². The molecule has 1 N–H and O–H groups in total. The number of amides is 2. The minimum Gasteiger partial charge on any atom is -0.497 e. The van der Waals surface area contributed by atoms with E-state index in [0.717, 1.165) is 21.7 Å². The van der Waals surface area contributed by atoms with Crippen molar-refractivity contribution in [2.24, 2.45) is 0 Å². The van der Waals surface area contributed by atoms with Crippen molar-refractivity contribution in [1.29, 1.82) is 0 Å². The van der Waals surface area contributed by atoms with Crippen molar-refractivity contribution in [2.75, 3.05) is 31.3 Å². The molecule has 3 aromatic carbocycles. The van der Waals surface area contributed by atoms with Crippen molar-refractivity contribution < 1.29 is 22.7 Å². The topological polar surface area (TPSA) is 96.0 Å². The average Bonchev–Trinajstić information content (AvgIpc) is 2.88. The second-order valence-electron chi connectivity index (χ2n) is 8.44. The van der Waals surface area contributed by atoms with E-state index in [-0.39, 0.29) is 18.9 Å². The number of nitrogens with one attached hydrogen (secondary N) is 1. The van der Waals surface area contributed by atoms with Crippen LogP contribution in [0.15, 0.2) is 83.3 Å². The first-order chi connectivity index (χ1) is 17.6. The number of hydrogen-bond donors (Lipinski definition) is 1. The van der Waals surface area contributed by atoms with Gasteiger partial charge >= 0.3 is 0 Å². The first-order valence-electron chi connectivity index (χ1n) is 11.5. The lowest BCUT2D eigenvalue weighted by molar-refractivity contribution is -0.139. The summed E-state index contributed by atoms with van der Waals surface area (Å²) >= 11 is 3.36. The molecular weight excluding hydrogens is 558 g/mol. The van der Waals surface area contributed by atoms with Crippen LogP contribution < -0.4 is 14.4 Å². The fourth-order valence-electron chi connectivity index (χ4n) is 3.93. The molecule has 0 fully saturated rings. The Kier molecular flexibility index (Phi) is 9.71. The van der Waals surface area contributed by atoms with Crippen LogP contribution in [0.1, 0.15) is 11.1 Å². The molecule has 0 aliphatic carbocycles. The fourth-order valence-corrected chi connectivity index (χ4v) is 5.16. The fraction of sp³-hybridized carbons (Fsp3) is 0.259. The zero-order chi connectivity index (χ0) is 27.0. The van der Waals surface area contributed by atoms with Gasteiger partial charge in [0, 0.05) is 24.5 Å². The van der Waals surface area contributed by atoms with Crippen molar-refractivity contribution >= 4 is 43.5 Å². The normalized spacial score (nSPS) is 11.9. The minimum atomic E-state index is -3.81. The molecule has 0 aliphatic heterocycles. The largest absolute Gasteiger partial charge is 0.497 e. The number of benzene rings is 3. The summed E-state index contributed by atoms with van der Waals surface area (Å²) in [5.74, 6) is -0.262. The quantitative estimate of drug-likeness (QED) is 0.370. The molecule has 0 aliphatic rings. The van der Waals surface area contributed by atoms with Gasteiger partial charge in [0.2, 0.25) is 21.8 Å². The maximum atomic E-state index is 13.9. The van der Waals surface area contributed by atoms with E-state index in [1.807, 2.05) is 36.4 Å². The Morgan fingerprint density at radius 3 is 2.27 bits per heavy atom. The van der Waals surface area contributed by atoms with E-state index < -0.39 is 28.5 Å². The lowest BCUT2D eigenvalue weighted by atomic mass is 10.0. The molecule has 2 amide bonds. The lowest BCUT2D eigenvalue weighted by Crippen LogP contribution is -2.52. The van der Waals surface area contributed by atoms with Crippen LogP contribution in [0.25, 0.3) is 0 Å². The Balaban J connectivity index is 2.03. The van der Waals surface area contributed by atoms with E-state index in [1.54, 1.807) is 49.6 Å². The Morgan fingerprint density at radius 2 is 1.65 bits per heavy atom. The molecule has 196 valence electrons. The SMILES string of the molecule is CNC(=O)C(Cc1ccccc1)N(Cc1cccc(OC)c1)C(=O)CN(c1cccc(Br)c1)S(C)(=O)=O. The van der Waals surface area contributed by atoms with Gasteiger partial charge in [-0.05, 0) is 41.5 Å². The lowest BCUT2D eigenvalue weighted by Gasteiger charge is -2.33. The number of carbonyl (C=O) groups excluding carboxylic acids is 2. The number of ether oxygens (including phenoxy) is 1. The van der Waals surface area contributed by atoms with Crippen LogP contribution in [0, 0.1) is 0 Å². The van der Waals surface area contributed by atoms with E-state index in [9.17, 15) is 18.0 Å². The van der Waals surface area contributed by atoms with Crippen molar-refractivity contribution in [3.05, 3.63) is 94.5 Å². The highest BCUT2D eigenvalue weighted by Gasteiger charge is 2.32. The van der Waals surface area contributed by atoms with Crippen LogP contribution in [0.2, 0.25) is 0 Å². The van der Waals surface area contributed by atoms with Crippen molar-refractivity contribution in [1.82, 2.24) is 10.2 Å². The highest BCUT2D eigenvalue weighted by Crippen LogP contribution is 2.24. The second kappa shape index (κ2) is 12.7. The number of anilines is 1. The van der Waals surface area contributed by atoms with Crippen molar-refractivity contribution in [3.8, 4) is 5.75 Å². The van der Waals surface area contributed by atoms with Crippen LogP contribution >= 0.6 is 15.9 Å². The molecule has 0 aromatic heterocycles. The third kappa shape index (κ3) is 7.80. The molecule has 1 atom stereocenters. The zero-order valence-electron chi connectivity index (χ0n) is 20.9. The highest BCUT2D eigenvalue weighted by atomic mass is 79.9. The molecule has 1 unspecified atom stereocenters. The molecular formula is C27H30BrN3O5S. The Bertz CT molecular complexity index is 1330. The second-order valence-corrected chi connectivity index (χ2v) is 11.3. The van der Waals surface area contributed by atoms with E-state index in [1.165, 1.54) is 11.9 Å². The number of rotatable bonds is 11. The maximum absolute atomic E-state index is 13.9. The van der Waals surface area contributed by atoms with Crippen molar-refractivity contribution in [3.63, 3.8) is 0 Å². The van der Waals surface area contributed by atoms with Gasteiger partial charge in [-0.1, -0.05) is 64.5 Å². The van der Waals surface area contributed by atoms with Crippen LogP contribution in [0.3, 0.4) is 0 Å². The number of likely N-dealkylation sites (N-methyl/N-ethyl adjacent to an activating group) is 1. The molecule has 10 heteroatoms. The van der Waals surface area contributed by atoms with Crippen LogP contribution in [-0.2, 0) is 32.6 Å². The summed E-state index contributed by atoms with van der Waals surface area (Å²) in [4.78, 5) is 28.4. The summed E-state index contributed by atoms with van der Waals surface area (Å²) in [6.45, 7) is -0.390. The third-order valence-corrected chi connectivity index (χ3v) is 7.41. The molecule has 0 saturated heterocycles. The van der Waals surface area contributed by atoms with E-state index in [0.29, 0.717) is 15.9 Å². The van der Waals surface area contributed by atoms with E-state index in [2.05, 4.69) is 21.2 Å². The van der Waals surface area contributed by atoms with E-state index >= 15 is 0 Å². The third-order valence-electron chi connectivity index (χ3n) is 5.78. The molecule has 8 nitrogen and oxygen atoms in total. The molecule has 3 aromatic rings. The van der Waals surface area contributed by atoms with Crippen LogP contribution in [-0.4, -0.2) is 58.1 Å². The Hall–Kier alpha value is -3.37. The highest BCUT2D eigenvalue weighted by molar-refractivity contribution is 9.10. The number of hydrogen-bond acceptors (Lipinski definition) is 5. The number of methoxy groups -OCH3 is 1. The van der Waals surface area contributed by atoms with Gasteiger partial charge in [0.05, 0.1) is 19.1 Å². The van der Waals surface area contributed by atoms with Gasteiger partial charge in [0.15, 0.2) is 0 Å². The van der Waals surface area contributed by atoms with Crippen molar-refractivity contribution in [2.45, 2.75) is 19.0 Å². The van der Waals surface area contributed by atoms with Crippen LogP contribution in [0.4, 0.5) is 5.69 Å². The van der Waals surface area contributed by atoms with Crippen LogP contribution in [0.5, 0.6) is 5.75 Å².